The van der Waals surface area contributed by atoms with Gasteiger partial charge in [-0.2, -0.15) is 15.1 Å². The number of aryl methyl sites for hydroxylation is 1. The Morgan fingerprint density at radius 1 is 1.17 bits per heavy atom. The highest BCUT2D eigenvalue weighted by molar-refractivity contribution is 6.02. The molecule has 1 aromatic carbocycles. The fourth-order valence-corrected chi connectivity index (χ4v) is 8.77. The molecule has 3 aromatic heterocycles. The van der Waals surface area contributed by atoms with Crippen molar-refractivity contribution in [3.63, 3.8) is 0 Å². The summed E-state index contributed by atoms with van der Waals surface area (Å²) in [6.07, 6.45) is 11.1. The third kappa shape index (κ3) is 4.34. The first-order valence-electron chi connectivity index (χ1n) is 16.9. The number of nitrogens with zero attached hydrogens (tertiary/aromatic N) is 6. The van der Waals surface area contributed by atoms with Crippen LogP contribution in [-0.2, 0) is 11.2 Å². The normalized spacial score (nSPS) is 26.9. The quantitative estimate of drug-likeness (QED) is 0.286. The zero-order chi connectivity index (χ0) is 31.0. The van der Waals surface area contributed by atoms with Crippen molar-refractivity contribution in [2.45, 2.75) is 76.3 Å². The zero-order valence-corrected chi connectivity index (χ0v) is 26.6. The first-order valence-corrected chi connectivity index (χ1v) is 16.9. The Balaban J connectivity index is 1.24. The Hall–Kier alpha value is -3.83. The van der Waals surface area contributed by atoms with Gasteiger partial charge in [-0.3, -0.25) is 10.00 Å². The highest BCUT2D eigenvalue weighted by Crippen LogP contribution is 2.47. The molecule has 0 amide bonds. The summed E-state index contributed by atoms with van der Waals surface area (Å²) in [5.41, 5.74) is 5.82. The number of aromatic amines is 1. The summed E-state index contributed by atoms with van der Waals surface area (Å²) < 4.78 is 36.2. The van der Waals surface area contributed by atoms with E-state index in [4.69, 9.17) is 29.2 Å². The van der Waals surface area contributed by atoms with Gasteiger partial charge in [0.05, 0.1) is 29.9 Å². The van der Waals surface area contributed by atoms with E-state index in [0.717, 1.165) is 80.1 Å². The second-order valence-electron chi connectivity index (χ2n) is 13.8. The number of ether oxygens (including phenoxy) is 3. The molecule has 0 bridgehead atoms. The van der Waals surface area contributed by atoms with Crippen LogP contribution in [0.1, 0.15) is 69.4 Å². The maximum Gasteiger partial charge on any atom is 0.319 e. The zero-order valence-electron chi connectivity index (χ0n) is 26.6. The van der Waals surface area contributed by atoms with Crippen molar-refractivity contribution >= 4 is 27.6 Å². The van der Waals surface area contributed by atoms with Gasteiger partial charge in [0.1, 0.15) is 35.6 Å². The summed E-state index contributed by atoms with van der Waals surface area (Å²) in [7, 11) is 0. The van der Waals surface area contributed by atoms with E-state index in [9.17, 15) is 0 Å². The van der Waals surface area contributed by atoms with Gasteiger partial charge in [0.25, 0.3) is 0 Å². The van der Waals surface area contributed by atoms with E-state index in [-0.39, 0.29) is 34.7 Å². The topological polar surface area (TPSA) is 102 Å². The summed E-state index contributed by atoms with van der Waals surface area (Å²) in [5, 5.41) is 8.82. The van der Waals surface area contributed by atoms with Crippen LogP contribution >= 0.6 is 0 Å². The molecule has 11 heteroatoms. The smallest absolute Gasteiger partial charge is 0.319 e. The molecule has 0 spiro atoms. The molecule has 1 N–H and O–H groups in total. The number of halogens is 1. The third-order valence-corrected chi connectivity index (χ3v) is 11.1. The average Bonchev–Trinajstić information content (AvgIpc) is 3.69. The SMILES string of the molecule is C/C=C1/CN2CCC[C@@]2(COc2nc3c4c(nc(-c5c6c(cc7[nH]ncc57)CCC[C@H]6C)c(F)c4n2)OC[C@@H]2COCCCN32)C1. The fraction of sp³-hybridized carbons (Fsp3) is 0.543. The van der Waals surface area contributed by atoms with E-state index in [1.807, 2.05) is 0 Å². The van der Waals surface area contributed by atoms with Gasteiger partial charge in [0.2, 0.25) is 5.88 Å². The van der Waals surface area contributed by atoms with Crippen LogP contribution in [0, 0.1) is 5.82 Å². The van der Waals surface area contributed by atoms with Gasteiger partial charge < -0.3 is 19.1 Å². The number of anilines is 1. The number of allylic oxidation sites excluding steroid dienone is 1. The maximum absolute atomic E-state index is 17.3. The van der Waals surface area contributed by atoms with E-state index in [1.54, 1.807) is 6.20 Å². The molecule has 0 saturated carbocycles. The molecule has 3 saturated heterocycles. The minimum Gasteiger partial charge on any atom is -0.475 e. The van der Waals surface area contributed by atoms with Crippen LogP contribution in [0.15, 0.2) is 23.9 Å². The Kier molecular flexibility index (Phi) is 6.71. The lowest BCUT2D eigenvalue weighted by Gasteiger charge is -2.31. The molecule has 1 aliphatic carbocycles. The predicted octanol–water partition coefficient (Wildman–Crippen LogP) is 5.70. The average molecular weight is 626 g/mol. The van der Waals surface area contributed by atoms with Crippen molar-refractivity contribution in [1.82, 2.24) is 30.0 Å². The molecule has 0 radical (unpaired) electrons. The molecule has 7 heterocycles. The van der Waals surface area contributed by atoms with E-state index in [1.165, 1.54) is 11.1 Å². The van der Waals surface area contributed by atoms with Crippen molar-refractivity contribution in [2.75, 3.05) is 51.0 Å². The molecular weight excluding hydrogens is 585 g/mol. The van der Waals surface area contributed by atoms with E-state index in [0.29, 0.717) is 50.1 Å². The first-order chi connectivity index (χ1) is 22.5. The third-order valence-electron chi connectivity index (χ3n) is 11.1. The lowest BCUT2D eigenvalue weighted by atomic mass is 9.79. The monoisotopic (exact) mass is 625 g/mol. The molecule has 3 atom stereocenters. The minimum atomic E-state index is -0.480. The molecule has 5 aliphatic rings. The summed E-state index contributed by atoms with van der Waals surface area (Å²) in [6, 6.07) is 2.28. The van der Waals surface area contributed by atoms with Crippen LogP contribution in [0.5, 0.6) is 11.9 Å². The maximum atomic E-state index is 17.3. The molecule has 10 nitrogen and oxygen atoms in total. The predicted molar refractivity (Wildman–Crippen MR) is 173 cm³/mol. The Labute approximate surface area is 267 Å². The molecule has 9 rings (SSSR count). The molecule has 46 heavy (non-hydrogen) atoms. The lowest BCUT2D eigenvalue weighted by Crippen LogP contribution is -2.43. The number of rotatable bonds is 4. The van der Waals surface area contributed by atoms with Gasteiger partial charge in [-0.05, 0) is 81.5 Å². The van der Waals surface area contributed by atoms with Crippen LogP contribution in [0.4, 0.5) is 10.2 Å². The van der Waals surface area contributed by atoms with Crippen LogP contribution < -0.4 is 14.4 Å². The van der Waals surface area contributed by atoms with Gasteiger partial charge in [-0.1, -0.05) is 18.6 Å². The van der Waals surface area contributed by atoms with E-state index < -0.39 is 5.82 Å². The largest absolute Gasteiger partial charge is 0.475 e. The summed E-state index contributed by atoms with van der Waals surface area (Å²) in [4.78, 5) is 19.5. The molecule has 0 unspecified atom stereocenters. The van der Waals surface area contributed by atoms with Crippen molar-refractivity contribution in [2.24, 2.45) is 0 Å². The summed E-state index contributed by atoms with van der Waals surface area (Å²) in [5.74, 6) is 0.741. The number of benzene rings is 1. The number of H-pyrrole nitrogens is 1. The highest BCUT2D eigenvalue weighted by atomic mass is 19.1. The fourth-order valence-electron chi connectivity index (χ4n) is 8.77. The van der Waals surface area contributed by atoms with Crippen LogP contribution in [0.25, 0.3) is 33.1 Å². The minimum absolute atomic E-state index is 0.0738. The number of aromatic nitrogens is 5. The van der Waals surface area contributed by atoms with Crippen molar-refractivity contribution < 1.29 is 18.6 Å². The standard InChI is InChI=1S/C35H40FN7O3/c1-3-21-14-35(9-5-10-42(35)16-21)19-46-34-39-31-28-32(40-34)43-11-6-12-44-17-23(43)18-45-33(28)38-30(29(31)36)27-24-15-37-41-25(24)13-22-8-4-7-20(2)26(22)27/h3,13,15,20,23H,4-12,14,16-19H2,1-2H3,(H,37,41)/b21-3+/t20-,23+,35+/m1/s1. The van der Waals surface area contributed by atoms with Gasteiger partial charge in [0.15, 0.2) is 5.82 Å². The molecule has 4 aliphatic heterocycles. The van der Waals surface area contributed by atoms with E-state index in [2.05, 4.69) is 46.0 Å². The van der Waals surface area contributed by atoms with E-state index >= 15 is 4.39 Å². The van der Waals surface area contributed by atoms with Crippen LogP contribution in [0.3, 0.4) is 0 Å². The van der Waals surface area contributed by atoms with Crippen molar-refractivity contribution in [3.8, 4) is 23.1 Å². The van der Waals surface area contributed by atoms with Gasteiger partial charge in [-0.15, -0.1) is 0 Å². The lowest BCUT2D eigenvalue weighted by molar-refractivity contribution is 0.108. The molecule has 240 valence electrons. The summed E-state index contributed by atoms with van der Waals surface area (Å²) >= 11 is 0. The molecule has 4 aromatic rings. The number of hydrogen-bond donors (Lipinski definition) is 1. The van der Waals surface area contributed by atoms with Crippen molar-refractivity contribution in [1.29, 1.82) is 0 Å². The van der Waals surface area contributed by atoms with Gasteiger partial charge in [0, 0.05) is 30.6 Å². The van der Waals surface area contributed by atoms with Gasteiger partial charge >= 0.3 is 6.01 Å². The van der Waals surface area contributed by atoms with Crippen LogP contribution in [-0.4, -0.2) is 87.7 Å². The Bertz CT molecular complexity index is 1890. The van der Waals surface area contributed by atoms with Gasteiger partial charge in [-0.25, -0.2) is 9.37 Å². The van der Waals surface area contributed by atoms with Crippen LogP contribution in [0.2, 0.25) is 0 Å². The number of nitrogens with one attached hydrogen (secondary N) is 1. The Morgan fingerprint density at radius 3 is 3.02 bits per heavy atom. The molecule has 3 fully saturated rings. The Morgan fingerprint density at radius 2 is 2.11 bits per heavy atom. The highest BCUT2D eigenvalue weighted by Gasteiger charge is 2.47. The first kappa shape index (κ1) is 28.4. The summed E-state index contributed by atoms with van der Waals surface area (Å²) in [6.45, 7) is 9.06. The second-order valence-corrected chi connectivity index (χ2v) is 13.8. The second kappa shape index (κ2) is 10.9. The number of hydrogen-bond acceptors (Lipinski definition) is 9. The number of fused-ring (bicyclic) bond motifs is 5. The molecular formula is C35H40FN7O3. The number of pyridine rings is 1. The van der Waals surface area contributed by atoms with Crippen molar-refractivity contribution in [3.05, 3.63) is 40.9 Å².